The van der Waals surface area contributed by atoms with Crippen LogP contribution in [-0.2, 0) is 7.05 Å². The lowest BCUT2D eigenvalue weighted by Gasteiger charge is -2.13. The van der Waals surface area contributed by atoms with E-state index >= 15 is 0 Å². The maximum Gasteiger partial charge on any atom is 0.253 e. The zero-order chi connectivity index (χ0) is 10.7. The van der Waals surface area contributed by atoms with E-state index in [0.717, 1.165) is 24.4 Å². The first-order valence-corrected chi connectivity index (χ1v) is 5.10. The fraction of sp³-hybridized carbons (Fsp3) is 0.636. The van der Waals surface area contributed by atoms with Crippen molar-refractivity contribution >= 4 is 0 Å². The molecule has 0 amide bonds. The van der Waals surface area contributed by atoms with E-state index in [1.54, 1.807) is 17.7 Å². The maximum atomic E-state index is 11.5. The Morgan fingerprint density at radius 3 is 2.79 bits per heavy atom. The van der Waals surface area contributed by atoms with Gasteiger partial charge < -0.3 is 0 Å². The molecule has 0 aliphatic heterocycles. The fourth-order valence-corrected chi connectivity index (χ4v) is 1.68. The Morgan fingerprint density at radius 2 is 2.21 bits per heavy atom. The predicted octanol–water partition coefficient (Wildman–Crippen LogP) is 1.99. The normalized spacial score (nSPS) is 12.9. The zero-order valence-corrected chi connectivity index (χ0v) is 9.37. The first-order chi connectivity index (χ1) is 6.56. The van der Waals surface area contributed by atoms with Crippen LogP contribution in [0.25, 0.3) is 0 Å². The lowest BCUT2D eigenvalue weighted by molar-refractivity contribution is 0.577. The van der Waals surface area contributed by atoms with Crippen molar-refractivity contribution in [1.82, 2.24) is 9.55 Å². The highest BCUT2D eigenvalue weighted by molar-refractivity contribution is 5.05. The molecule has 1 atom stereocenters. The summed E-state index contributed by atoms with van der Waals surface area (Å²) in [5, 5.41) is 0. The monoisotopic (exact) mass is 194 g/mol. The van der Waals surface area contributed by atoms with Crippen LogP contribution in [0.1, 0.15) is 44.1 Å². The average Bonchev–Trinajstić information content (AvgIpc) is 2.11. The Morgan fingerprint density at radius 1 is 1.57 bits per heavy atom. The van der Waals surface area contributed by atoms with Gasteiger partial charge in [0, 0.05) is 24.7 Å². The van der Waals surface area contributed by atoms with E-state index in [1.807, 2.05) is 6.92 Å². The van der Waals surface area contributed by atoms with Gasteiger partial charge in [-0.3, -0.25) is 9.36 Å². The molecule has 0 radical (unpaired) electrons. The Labute approximate surface area is 84.8 Å². The van der Waals surface area contributed by atoms with Gasteiger partial charge in [0.1, 0.15) is 5.82 Å². The van der Waals surface area contributed by atoms with Crippen molar-refractivity contribution in [2.75, 3.05) is 0 Å². The second-order valence-corrected chi connectivity index (χ2v) is 3.84. The summed E-state index contributed by atoms with van der Waals surface area (Å²) in [6, 6.07) is 1.57. The minimum Gasteiger partial charge on any atom is -0.300 e. The fourth-order valence-electron chi connectivity index (χ4n) is 1.68. The molecule has 3 nitrogen and oxygen atoms in total. The maximum absolute atomic E-state index is 11.5. The Bertz CT molecular complexity index is 368. The van der Waals surface area contributed by atoms with Gasteiger partial charge in [0.05, 0.1) is 0 Å². The SMILES string of the molecule is CCCC(C)c1nc(C)cc(=O)n1C. The predicted molar refractivity (Wildman–Crippen MR) is 57.5 cm³/mol. The molecule has 0 bridgehead atoms. The van der Waals surface area contributed by atoms with Crippen molar-refractivity contribution in [2.45, 2.75) is 39.5 Å². The summed E-state index contributed by atoms with van der Waals surface area (Å²) in [6.45, 7) is 6.12. The van der Waals surface area contributed by atoms with Gasteiger partial charge in [0.15, 0.2) is 0 Å². The standard InChI is InChI=1S/C11H18N2O/c1-5-6-8(2)11-12-9(3)7-10(14)13(11)4/h7-8H,5-6H2,1-4H3. The molecule has 0 aliphatic carbocycles. The van der Waals surface area contributed by atoms with Crippen LogP contribution in [0.2, 0.25) is 0 Å². The molecule has 0 N–H and O–H groups in total. The van der Waals surface area contributed by atoms with Crippen LogP contribution in [0.3, 0.4) is 0 Å². The van der Waals surface area contributed by atoms with Gasteiger partial charge in [-0.25, -0.2) is 4.98 Å². The molecule has 78 valence electrons. The number of aryl methyl sites for hydroxylation is 1. The third-order valence-corrected chi connectivity index (χ3v) is 2.46. The first kappa shape index (κ1) is 11.0. The van der Waals surface area contributed by atoms with Gasteiger partial charge in [-0.05, 0) is 13.3 Å². The van der Waals surface area contributed by atoms with Crippen LogP contribution in [0, 0.1) is 6.92 Å². The largest absolute Gasteiger partial charge is 0.300 e. The van der Waals surface area contributed by atoms with E-state index in [4.69, 9.17) is 0 Å². The molecule has 3 heteroatoms. The van der Waals surface area contributed by atoms with Crippen LogP contribution < -0.4 is 5.56 Å². The van der Waals surface area contributed by atoms with Gasteiger partial charge in [0.2, 0.25) is 0 Å². The smallest absolute Gasteiger partial charge is 0.253 e. The van der Waals surface area contributed by atoms with E-state index in [-0.39, 0.29) is 5.56 Å². The Hall–Kier alpha value is -1.12. The lowest BCUT2D eigenvalue weighted by atomic mass is 10.1. The number of rotatable bonds is 3. The molecule has 1 aromatic rings. The number of nitrogens with zero attached hydrogens (tertiary/aromatic N) is 2. The van der Waals surface area contributed by atoms with Crippen molar-refractivity contribution in [2.24, 2.45) is 7.05 Å². The number of hydrogen-bond donors (Lipinski definition) is 0. The van der Waals surface area contributed by atoms with Gasteiger partial charge >= 0.3 is 0 Å². The molecular weight excluding hydrogens is 176 g/mol. The van der Waals surface area contributed by atoms with Crippen LogP contribution in [0.5, 0.6) is 0 Å². The highest BCUT2D eigenvalue weighted by atomic mass is 16.1. The van der Waals surface area contributed by atoms with E-state index < -0.39 is 0 Å². The molecule has 1 unspecified atom stereocenters. The van der Waals surface area contributed by atoms with Crippen molar-refractivity contribution < 1.29 is 0 Å². The molecule has 0 spiro atoms. The van der Waals surface area contributed by atoms with Crippen LogP contribution in [0.4, 0.5) is 0 Å². The summed E-state index contributed by atoms with van der Waals surface area (Å²) in [5.74, 6) is 1.26. The first-order valence-electron chi connectivity index (χ1n) is 5.10. The molecule has 0 aliphatic rings. The van der Waals surface area contributed by atoms with Crippen molar-refractivity contribution in [1.29, 1.82) is 0 Å². The summed E-state index contributed by atoms with van der Waals surface area (Å²) < 4.78 is 1.65. The molecule has 0 saturated carbocycles. The topological polar surface area (TPSA) is 34.9 Å². The molecule has 0 aromatic carbocycles. The van der Waals surface area contributed by atoms with E-state index in [0.29, 0.717) is 5.92 Å². The number of aromatic nitrogens is 2. The highest BCUT2D eigenvalue weighted by Gasteiger charge is 2.10. The molecule has 0 fully saturated rings. The summed E-state index contributed by atoms with van der Waals surface area (Å²) in [6.07, 6.45) is 2.19. The second kappa shape index (κ2) is 4.40. The molecule has 1 rings (SSSR count). The molecule has 14 heavy (non-hydrogen) atoms. The van der Waals surface area contributed by atoms with Crippen LogP contribution in [0.15, 0.2) is 10.9 Å². The zero-order valence-electron chi connectivity index (χ0n) is 9.37. The third-order valence-electron chi connectivity index (χ3n) is 2.46. The van der Waals surface area contributed by atoms with E-state index in [1.165, 1.54) is 0 Å². The van der Waals surface area contributed by atoms with Crippen LogP contribution >= 0.6 is 0 Å². The summed E-state index contributed by atoms with van der Waals surface area (Å²) >= 11 is 0. The Kier molecular flexibility index (Phi) is 3.44. The van der Waals surface area contributed by atoms with Gasteiger partial charge in [0.25, 0.3) is 5.56 Å². The quantitative estimate of drug-likeness (QED) is 0.737. The average molecular weight is 194 g/mol. The van der Waals surface area contributed by atoms with Crippen molar-refractivity contribution in [3.63, 3.8) is 0 Å². The molecule has 0 saturated heterocycles. The third kappa shape index (κ3) is 2.22. The molecular formula is C11H18N2O. The van der Waals surface area contributed by atoms with Crippen LogP contribution in [-0.4, -0.2) is 9.55 Å². The summed E-state index contributed by atoms with van der Waals surface area (Å²) in [5.41, 5.74) is 0.849. The second-order valence-electron chi connectivity index (χ2n) is 3.84. The van der Waals surface area contributed by atoms with Gasteiger partial charge in [-0.15, -0.1) is 0 Å². The highest BCUT2D eigenvalue weighted by Crippen LogP contribution is 2.16. The van der Waals surface area contributed by atoms with Gasteiger partial charge in [-0.2, -0.15) is 0 Å². The minimum absolute atomic E-state index is 0.0375. The summed E-state index contributed by atoms with van der Waals surface area (Å²) in [4.78, 5) is 15.9. The van der Waals surface area contributed by atoms with E-state index in [2.05, 4.69) is 18.8 Å². The Balaban J connectivity index is 3.13. The van der Waals surface area contributed by atoms with E-state index in [9.17, 15) is 4.79 Å². The van der Waals surface area contributed by atoms with Crippen molar-refractivity contribution in [3.8, 4) is 0 Å². The minimum atomic E-state index is 0.0375. The molecule has 1 heterocycles. The lowest BCUT2D eigenvalue weighted by Crippen LogP contribution is -2.23. The summed E-state index contributed by atoms with van der Waals surface area (Å²) in [7, 11) is 1.79. The molecule has 1 aromatic heterocycles. The van der Waals surface area contributed by atoms with Gasteiger partial charge in [-0.1, -0.05) is 20.3 Å². The van der Waals surface area contributed by atoms with Crippen molar-refractivity contribution in [3.05, 3.63) is 27.9 Å². The number of hydrogen-bond acceptors (Lipinski definition) is 2.